The standard InChI is InChI=1S/C39H49ClN8O4S/c1-25-9-8-11-34(51-5)31-16-13-29(31)22-48-21-28-12-15-30(40)19-26(28)10-6-7-18-52-35-17-14-27(20-33(35)48)38(49)45-53(50,24-25)44-37-32-23-47(4)43-36(32)41-39(42-37)46(2)3/h8,11-12,14-15,17,19-20,23,25,29,31,34H,6-7,9-10,13,16,18,21-22,24H2,1-5H3,(H,41,42,43,44,45,49,50)/b11-8+/t25-,29-,31+,34-,53?/m0/s1. The van der Waals surface area contributed by atoms with Crippen molar-refractivity contribution in [3.8, 4) is 5.75 Å². The van der Waals surface area contributed by atoms with Gasteiger partial charge in [-0.15, -0.1) is 4.36 Å². The number of hydrogen-bond acceptors (Lipinski definition) is 9. The van der Waals surface area contributed by atoms with E-state index in [9.17, 15) is 4.79 Å². The van der Waals surface area contributed by atoms with Crippen LogP contribution in [-0.2, 0) is 34.7 Å². The van der Waals surface area contributed by atoms with Gasteiger partial charge in [0.15, 0.2) is 11.5 Å². The van der Waals surface area contributed by atoms with E-state index in [0.29, 0.717) is 65.5 Å². The van der Waals surface area contributed by atoms with Crippen molar-refractivity contribution in [2.24, 2.45) is 29.2 Å². The maximum absolute atomic E-state index is 15.1. The van der Waals surface area contributed by atoms with Gasteiger partial charge in [-0.1, -0.05) is 36.7 Å². The first-order valence-electron chi connectivity index (χ1n) is 18.4. The quantitative estimate of drug-likeness (QED) is 0.217. The summed E-state index contributed by atoms with van der Waals surface area (Å²) >= 11 is 6.50. The molecule has 282 valence electrons. The Morgan fingerprint density at radius 3 is 2.72 bits per heavy atom. The monoisotopic (exact) mass is 760 g/mol. The Bertz CT molecular complexity index is 2140. The number of fused-ring (bicyclic) bond motifs is 4. The normalized spacial score (nSPS) is 25.8. The fourth-order valence-electron chi connectivity index (χ4n) is 7.61. The van der Waals surface area contributed by atoms with Gasteiger partial charge in [0.1, 0.15) is 15.7 Å². The van der Waals surface area contributed by atoms with Crippen molar-refractivity contribution in [2.75, 3.05) is 54.6 Å². The summed E-state index contributed by atoms with van der Waals surface area (Å²) in [7, 11) is 3.80. The predicted molar refractivity (Wildman–Crippen MR) is 211 cm³/mol. The summed E-state index contributed by atoms with van der Waals surface area (Å²) < 4.78 is 36.8. The van der Waals surface area contributed by atoms with E-state index in [-0.39, 0.29) is 17.8 Å². The Balaban J connectivity index is 1.36. The molecule has 0 spiro atoms. The lowest BCUT2D eigenvalue weighted by Gasteiger charge is -2.43. The summed E-state index contributed by atoms with van der Waals surface area (Å²) in [5.74, 6) is 1.56. The van der Waals surface area contributed by atoms with E-state index in [4.69, 9.17) is 26.1 Å². The third-order valence-corrected chi connectivity index (χ3v) is 12.8. The first kappa shape index (κ1) is 37.1. The maximum Gasteiger partial charge on any atom is 0.286 e. The van der Waals surface area contributed by atoms with Gasteiger partial charge < -0.3 is 19.3 Å². The molecular formula is C39H49ClN8O4S. The Labute approximate surface area is 317 Å². The fourth-order valence-corrected chi connectivity index (χ4v) is 9.75. The summed E-state index contributed by atoms with van der Waals surface area (Å²) in [6.45, 7) is 3.94. The molecule has 2 bridgehead atoms. The van der Waals surface area contributed by atoms with Gasteiger partial charge >= 0.3 is 0 Å². The Morgan fingerprint density at radius 1 is 1.09 bits per heavy atom. The zero-order valence-electron chi connectivity index (χ0n) is 31.1. The number of carbonyl (C=O) groups excluding carboxylic acids is 1. The SMILES string of the molecule is CO[C@H]1/C=C/C[C@H](C)CS(=O)(Nc2nc(N(C)C)nc3nn(C)cc23)=NC(=O)c2ccc3c(c2)N(Cc2ccc(Cl)cc2CCCCO3)C[C@@H]2CC[C@H]21. The van der Waals surface area contributed by atoms with E-state index in [1.165, 1.54) is 11.1 Å². The molecule has 4 aromatic rings. The highest BCUT2D eigenvalue weighted by atomic mass is 35.5. The summed E-state index contributed by atoms with van der Waals surface area (Å²) in [5, 5.41) is 5.78. The van der Waals surface area contributed by atoms with E-state index in [0.717, 1.165) is 49.4 Å². The van der Waals surface area contributed by atoms with E-state index in [2.05, 4.69) is 48.4 Å². The second-order valence-electron chi connectivity index (χ2n) is 14.9. The molecule has 0 radical (unpaired) electrons. The number of ether oxygens (including phenoxy) is 2. The van der Waals surface area contributed by atoms with Crippen LogP contribution in [0.2, 0.25) is 5.02 Å². The molecule has 1 saturated carbocycles. The molecule has 1 aliphatic carbocycles. The van der Waals surface area contributed by atoms with Gasteiger partial charge in [0.05, 0.1) is 29.5 Å². The van der Waals surface area contributed by atoms with Crippen LogP contribution in [0.1, 0.15) is 60.5 Å². The third kappa shape index (κ3) is 8.32. The van der Waals surface area contributed by atoms with Crippen LogP contribution in [0.4, 0.5) is 17.5 Å². The number of nitrogens with zero attached hydrogens (tertiary/aromatic N) is 7. The number of rotatable bonds is 4. The number of nitrogens with one attached hydrogen (secondary N) is 1. The molecule has 4 heterocycles. The molecule has 14 heteroatoms. The number of aromatic nitrogens is 4. The lowest BCUT2D eigenvalue weighted by atomic mass is 9.70. The highest BCUT2D eigenvalue weighted by molar-refractivity contribution is 7.95. The third-order valence-electron chi connectivity index (χ3n) is 10.5. The highest BCUT2D eigenvalue weighted by Gasteiger charge is 2.38. The minimum absolute atomic E-state index is 0.0518. The molecule has 12 nitrogen and oxygen atoms in total. The van der Waals surface area contributed by atoms with E-state index in [1.807, 2.05) is 39.2 Å². The van der Waals surface area contributed by atoms with Crippen molar-refractivity contribution in [1.82, 2.24) is 19.7 Å². The zero-order valence-corrected chi connectivity index (χ0v) is 32.7. The van der Waals surface area contributed by atoms with Crippen molar-refractivity contribution < 1.29 is 18.5 Å². The Hall–Kier alpha value is -4.20. The number of methoxy groups -OCH3 is 1. The highest BCUT2D eigenvalue weighted by Crippen LogP contribution is 2.42. The van der Waals surface area contributed by atoms with Crippen molar-refractivity contribution in [3.63, 3.8) is 0 Å². The summed E-state index contributed by atoms with van der Waals surface area (Å²) in [5.41, 5.74) is 4.01. The number of anilines is 3. The molecule has 3 aliphatic rings. The molecule has 53 heavy (non-hydrogen) atoms. The number of carbonyl (C=O) groups is 1. The number of hydrogen-bond donors (Lipinski definition) is 1. The Morgan fingerprint density at radius 2 is 1.94 bits per heavy atom. The summed E-state index contributed by atoms with van der Waals surface area (Å²) in [6, 6.07) is 11.6. The number of benzene rings is 2. The largest absolute Gasteiger partial charge is 0.491 e. The second kappa shape index (κ2) is 15.6. The molecule has 1 amide bonds. The molecule has 2 aromatic heterocycles. The Kier molecular flexibility index (Phi) is 11.0. The smallest absolute Gasteiger partial charge is 0.286 e. The maximum atomic E-state index is 15.1. The molecule has 0 saturated heterocycles. The van der Waals surface area contributed by atoms with Gasteiger partial charge in [-0.3, -0.25) is 14.2 Å². The number of aryl methyl sites for hydroxylation is 2. The first-order valence-corrected chi connectivity index (χ1v) is 20.5. The topological polar surface area (TPSA) is 127 Å². The van der Waals surface area contributed by atoms with E-state index >= 15 is 4.21 Å². The van der Waals surface area contributed by atoms with Crippen LogP contribution in [0, 0.1) is 17.8 Å². The van der Waals surface area contributed by atoms with Gasteiger partial charge in [-0.25, -0.2) is 4.21 Å². The number of amides is 1. The van der Waals surface area contributed by atoms with Crippen LogP contribution in [0.15, 0.2) is 59.1 Å². The van der Waals surface area contributed by atoms with Gasteiger partial charge in [0.25, 0.3) is 5.91 Å². The first-order chi connectivity index (χ1) is 25.5. The van der Waals surface area contributed by atoms with Crippen LogP contribution in [0.3, 0.4) is 0 Å². The number of halogens is 1. The van der Waals surface area contributed by atoms with Crippen LogP contribution in [-0.4, -0.2) is 76.1 Å². The minimum Gasteiger partial charge on any atom is -0.491 e. The predicted octanol–water partition coefficient (Wildman–Crippen LogP) is 7.08. The molecule has 7 rings (SSSR count). The van der Waals surface area contributed by atoms with Gasteiger partial charge in [0.2, 0.25) is 5.95 Å². The van der Waals surface area contributed by atoms with Crippen molar-refractivity contribution in [1.29, 1.82) is 0 Å². The van der Waals surface area contributed by atoms with Crippen LogP contribution in [0.5, 0.6) is 5.75 Å². The van der Waals surface area contributed by atoms with E-state index in [1.54, 1.807) is 36.0 Å². The molecule has 1 unspecified atom stereocenters. The van der Waals surface area contributed by atoms with Crippen LogP contribution < -0.4 is 19.3 Å². The number of allylic oxidation sites excluding steroid dienone is 1. The van der Waals surface area contributed by atoms with Gasteiger partial charge in [0, 0.05) is 58.1 Å². The minimum atomic E-state index is -3.42. The molecule has 1 fully saturated rings. The molecule has 1 N–H and O–H groups in total. The summed E-state index contributed by atoms with van der Waals surface area (Å²) in [6.07, 6.45) is 11.5. The average molecular weight is 761 g/mol. The van der Waals surface area contributed by atoms with Crippen molar-refractivity contribution in [3.05, 3.63) is 76.5 Å². The van der Waals surface area contributed by atoms with E-state index < -0.39 is 15.8 Å². The van der Waals surface area contributed by atoms with Gasteiger partial charge in [-0.05, 0) is 97.7 Å². The molecular weight excluding hydrogens is 712 g/mol. The zero-order chi connectivity index (χ0) is 37.3. The van der Waals surface area contributed by atoms with Crippen LogP contribution >= 0.6 is 11.6 Å². The van der Waals surface area contributed by atoms with Crippen molar-refractivity contribution in [2.45, 2.75) is 58.1 Å². The van der Waals surface area contributed by atoms with Gasteiger partial charge in [-0.2, -0.15) is 15.1 Å². The summed E-state index contributed by atoms with van der Waals surface area (Å²) in [4.78, 5) is 27.6. The molecule has 5 atom stereocenters. The average Bonchev–Trinajstić information content (AvgIpc) is 3.48. The fraction of sp³-hybridized carbons (Fsp3) is 0.487. The lowest BCUT2D eigenvalue weighted by molar-refractivity contribution is 0.0133. The molecule has 2 aromatic carbocycles. The lowest BCUT2D eigenvalue weighted by Crippen LogP contribution is -2.43. The second-order valence-corrected chi connectivity index (χ2v) is 17.3. The molecule has 2 aliphatic heterocycles. The van der Waals surface area contributed by atoms with Crippen molar-refractivity contribution >= 4 is 55.9 Å². The van der Waals surface area contributed by atoms with Crippen LogP contribution in [0.25, 0.3) is 11.0 Å².